The van der Waals surface area contributed by atoms with E-state index in [9.17, 15) is 0 Å². The number of rotatable bonds is 2. The summed E-state index contributed by atoms with van der Waals surface area (Å²) >= 11 is 0. The molecule has 0 bridgehead atoms. The first-order chi connectivity index (χ1) is 6.33. The van der Waals surface area contributed by atoms with Gasteiger partial charge in [0.25, 0.3) is 0 Å². The van der Waals surface area contributed by atoms with Crippen LogP contribution in [0.3, 0.4) is 0 Å². The molecule has 1 aliphatic carbocycles. The Kier molecular flexibility index (Phi) is 2.25. The largest absolute Gasteiger partial charge is 0.396 e. The number of nitrogen functional groups attached to an aromatic ring is 1. The fourth-order valence-corrected chi connectivity index (χ4v) is 2.31. The number of hydrogen-bond donors (Lipinski definition) is 1. The van der Waals surface area contributed by atoms with Gasteiger partial charge in [0, 0.05) is 12.5 Å². The molecule has 0 aliphatic heterocycles. The molecule has 13 heavy (non-hydrogen) atoms. The maximum atomic E-state index is 5.91. The van der Waals surface area contributed by atoms with Crippen LogP contribution in [0.5, 0.6) is 0 Å². The van der Waals surface area contributed by atoms with Gasteiger partial charge in [0.2, 0.25) is 0 Å². The van der Waals surface area contributed by atoms with Gasteiger partial charge in [-0.15, -0.1) is 0 Å². The Hall–Kier alpha value is -0.990. The fraction of sp³-hybridized carbons (Fsp3) is 0.700. The quantitative estimate of drug-likeness (QED) is 0.756. The highest BCUT2D eigenvalue weighted by Crippen LogP contribution is 2.36. The predicted molar refractivity (Wildman–Crippen MR) is 53.5 cm³/mol. The summed E-state index contributed by atoms with van der Waals surface area (Å²) < 4.78 is 2.05. The van der Waals surface area contributed by atoms with E-state index < -0.39 is 0 Å². The van der Waals surface area contributed by atoms with Gasteiger partial charge < -0.3 is 5.73 Å². The van der Waals surface area contributed by atoms with Crippen LogP contribution >= 0.6 is 0 Å². The van der Waals surface area contributed by atoms with Gasteiger partial charge in [0.05, 0.1) is 17.6 Å². The number of hydrogen-bond acceptors (Lipinski definition) is 2. The van der Waals surface area contributed by atoms with Crippen LogP contribution in [0.1, 0.15) is 44.2 Å². The lowest BCUT2D eigenvalue weighted by Crippen LogP contribution is -2.07. The molecule has 0 unspecified atom stereocenters. The van der Waals surface area contributed by atoms with E-state index in [1.807, 2.05) is 4.68 Å². The summed E-state index contributed by atoms with van der Waals surface area (Å²) in [7, 11) is 0. The number of aromatic nitrogens is 2. The molecule has 1 aliphatic rings. The number of aryl methyl sites for hydroxylation is 1. The third kappa shape index (κ3) is 1.43. The molecule has 1 aromatic heterocycles. The van der Waals surface area contributed by atoms with Crippen molar-refractivity contribution in [3.63, 3.8) is 0 Å². The summed E-state index contributed by atoms with van der Waals surface area (Å²) in [5.74, 6) is 0.669. The predicted octanol–water partition coefficient (Wildman–Crippen LogP) is 2.14. The van der Waals surface area contributed by atoms with Crippen LogP contribution in [-0.2, 0) is 6.54 Å². The molecule has 1 aromatic rings. The van der Waals surface area contributed by atoms with E-state index in [0.717, 1.165) is 12.2 Å². The number of nitrogens with zero attached hydrogens (tertiary/aromatic N) is 2. The first-order valence-electron chi connectivity index (χ1n) is 5.14. The van der Waals surface area contributed by atoms with Crippen molar-refractivity contribution in [3.05, 3.63) is 11.9 Å². The molecule has 0 aromatic carbocycles. The van der Waals surface area contributed by atoms with E-state index in [2.05, 4.69) is 12.0 Å². The minimum Gasteiger partial charge on any atom is -0.396 e. The molecule has 1 heterocycles. The van der Waals surface area contributed by atoms with E-state index in [-0.39, 0.29) is 0 Å². The second-order valence-corrected chi connectivity index (χ2v) is 3.78. The highest BCUT2D eigenvalue weighted by molar-refractivity contribution is 5.43. The smallest absolute Gasteiger partial charge is 0.0735 e. The Bertz CT molecular complexity index is 284. The molecule has 0 radical (unpaired) electrons. The fourth-order valence-electron chi connectivity index (χ4n) is 2.31. The Balaban J connectivity index is 2.30. The topological polar surface area (TPSA) is 43.8 Å². The van der Waals surface area contributed by atoms with Gasteiger partial charge in [-0.2, -0.15) is 5.10 Å². The standard InChI is InChI=1S/C10H17N3/c1-2-13-10(9(11)7-12-13)8-5-3-4-6-8/h7-8H,2-6,11H2,1H3. The summed E-state index contributed by atoms with van der Waals surface area (Å²) in [5, 5.41) is 4.27. The van der Waals surface area contributed by atoms with Gasteiger partial charge in [-0.3, -0.25) is 4.68 Å². The maximum absolute atomic E-state index is 5.91. The highest BCUT2D eigenvalue weighted by Gasteiger charge is 2.22. The van der Waals surface area contributed by atoms with E-state index in [4.69, 9.17) is 5.73 Å². The van der Waals surface area contributed by atoms with Gasteiger partial charge in [-0.25, -0.2) is 0 Å². The average Bonchev–Trinajstić information content (AvgIpc) is 2.72. The van der Waals surface area contributed by atoms with Crippen LogP contribution in [0, 0.1) is 0 Å². The Morgan fingerprint density at radius 3 is 2.85 bits per heavy atom. The van der Waals surface area contributed by atoms with Crippen LogP contribution in [0.4, 0.5) is 5.69 Å². The molecular weight excluding hydrogens is 162 g/mol. The van der Waals surface area contributed by atoms with Crippen LogP contribution < -0.4 is 5.73 Å². The normalized spacial score (nSPS) is 18.2. The van der Waals surface area contributed by atoms with E-state index in [1.54, 1.807) is 6.20 Å². The van der Waals surface area contributed by atoms with Crippen LogP contribution in [0.2, 0.25) is 0 Å². The van der Waals surface area contributed by atoms with E-state index in [0.29, 0.717) is 5.92 Å². The first kappa shape index (κ1) is 8.60. The molecular formula is C10H17N3. The lowest BCUT2D eigenvalue weighted by molar-refractivity contribution is 0.570. The summed E-state index contributed by atoms with van der Waals surface area (Å²) in [6.07, 6.45) is 7.06. The number of anilines is 1. The monoisotopic (exact) mass is 179 g/mol. The second kappa shape index (κ2) is 3.40. The molecule has 1 saturated carbocycles. The zero-order valence-corrected chi connectivity index (χ0v) is 8.16. The van der Waals surface area contributed by atoms with E-state index in [1.165, 1.54) is 31.4 Å². The summed E-state index contributed by atoms with van der Waals surface area (Å²) in [6.45, 7) is 3.05. The number of nitrogens with two attached hydrogens (primary N) is 1. The van der Waals surface area contributed by atoms with Crippen LogP contribution in [0.15, 0.2) is 6.20 Å². The van der Waals surface area contributed by atoms with Crippen molar-refractivity contribution >= 4 is 5.69 Å². The zero-order valence-electron chi connectivity index (χ0n) is 8.16. The molecule has 72 valence electrons. The van der Waals surface area contributed by atoms with Gasteiger partial charge in [0.15, 0.2) is 0 Å². The summed E-state index contributed by atoms with van der Waals surface area (Å²) in [5.41, 5.74) is 8.07. The minimum atomic E-state index is 0.669. The molecule has 3 nitrogen and oxygen atoms in total. The molecule has 2 rings (SSSR count). The average molecular weight is 179 g/mol. The molecule has 0 atom stereocenters. The molecule has 0 spiro atoms. The maximum Gasteiger partial charge on any atom is 0.0735 e. The van der Waals surface area contributed by atoms with Crippen molar-refractivity contribution in [3.8, 4) is 0 Å². The summed E-state index contributed by atoms with van der Waals surface area (Å²) in [6, 6.07) is 0. The lowest BCUT2D eigenvalue weighted by Gasteiger charge is -2.12. The van der Waals surface area contributed by atoms with Crippen molar-refractivity contribution in [2.45, 2.75) is 45.1 Å². The SMILES string of the molecule is CCn1ncc(N)c1C1CCCC1. The van der Waals surface area contributed by atoms with Crippen LogP contribution in [0.25, 0.3) is 0 Å². The van der Waals surface area contributed by atoms with Crippen molar-refractivity contribution in [2.24, 2.45) is 0 Å². The Morgan fingerprint density at radius 1 is 1.54 bits per heavy atom. The van der Waals surface area contributed by atoms with Gasteiger partial charge >= 0.3 is 0 Å². The third-order valence-corrected chi connectivity index (χ3v) is 2.95. The van der Waals surface area contributed by atoms with Crippen LogP contribution in [-0.4, -0.2) is 9.78 Å². The minimum absolute atomic E-state index is 0.669. The van der Waals surface area contributed by atoms with Gasteiger partial charge in [0.1, 0.15) is 0 Å². The summed E-state index contributed by atoms with van der Waals surface area (Å²) in [4.78, 5) is 0. The molecule has 0 amide bonds. The molecule has 0 saturated heterocycles. The molecule has 1 fully saturated rings. The van der Waals surface area contributed by atoms with Gasteiger partial charge in [-0.05, 0) is 19.8 Å². The lowest BCUT2D eigenvalue weighted by atomic mass is 10.0. The second-order valence-electron chi connectivity index (χ2n) is 3.78. The first-order valence-corrected chi connectivity index (χ1v) is 5.14. The Labute approximate surface area is 78.9 Å². The van der Waals surface area contributed by atoms with Gasteiger partial charge in [-0.1, -0.05) is 12.8 Å². The molecule has 3 heteroatoms. The van der Waals surface area contributed by atoms with Crippen molar-refractivity contribution in [1.29, 1.82) is 0 Å². The Morgan fingerprint density at radius 2 is 2.23 bits per heavy atom. The highest BCUT2D eigenvalue weighted by atomic mass is 15.3. The van der Waals surface area contributed by atoms with Crippen molar-refractivity contribution < 1.29 is 0 Å². The van der Waals surface area contributed by atoms with Crippen molar-refractivity contribution in [2.75, 3.05) is 5.73 Å². The molecule has 2 N–H and O–H groups in total. The zero-order chi connectivity index (χ0) is 9.26. The van der Waals surface area contributed by atoms with Crippen molar-refractivity contribution in [1.82, 2.24) is 9.78 Å². The third-order valence-electron chi connectivity index (χ3n) is 2.95. The van der Waals surface area contributed by atoms with E-state index >= 15 is 0 Å².